The minimum atomic E-state index is -3.45. The number of benzene rings is 2. The van der Waals surface area contributed by atoms with Crippen molar-refractivity contribution in [1.29, 1.82) is 0 Å². The fourth-order valence-corrected chi connectivity index (χ4v) is 4.57. The molecule has 2 heterocycles. The summed E-state index contributed by atoms with van der Waals surface area (Å²) < 4.78 is 24.8. The van der Waals surface area contributed by atoms with Crippen molar-refractivity contribution >= 4 is 33.4 Å². The molecule has 0 unspecified atom stereocenters. The highest BCUT2D eigenvalue weighted by Gasteiger charge is 2.47. The van der Waals surface area contributed by atoms with Gasteiger partial charge < -0.3 is 10.2 Å². The van der Waals surface area contributed by atoms with Crippen LogP contribution in [0.4, 0.5) is 5.69 Å². The summed E-state index contributed by atoms with van der Waals surface area (Å²) in [5.41, 5.74) is 1.98. The smallest absolute Gasteiger partial charge is 0.260 e. The van der Waals surface area contributed by atoms with Gasteiger partial charge >= 0.3 is 0 Å². The number of nitrogens with one attached hydrogen (secondary N) is 1. The molecule has 4 rings (SSSR count). The van der Waals surface area contributed by atoms with E-state index in [1.165, 1.54) is 23.9 Å². The molecule has 0 aliphatic carbocycles. The fraction of sp³-hybridized carbons (Fsp3) is 0.286. The Labute approximate surface area is 180 Å². The third kappa shape index (κ3) is 3.57. The summed E-state index contributed by atoms with van der Waals surface area (Å²) >= 11 is 0. The summed E-state index contributed by atoms with van der Waals surface area (Å²) in [5, 5.41) is 2.56. The zero-order valence-electron chi connectivity index (χ0n) is 17.1. The van der Waals surface area contributed by atoms with Crippen LogP contribution in [0.5, 0.6) is 0 Å². The van der Waals surface area contributed by atoms with E-state index < -0.39 is 22.1 Å². The highest BCUT2D eigenvalue weighted by atomic mass is 32.2. The molecule has 31 heavy (non-hydrogen) atoms. The molecule has 162 valence electrons. The number of amides is 3. The van der Waals surface area contributed by atoms with Crippen molar-refractivity contribution in [2.75, 3.05) is 37.8 Å². The number of nitrogens with zero attached hydrogens (tertiary/aromatic N) is 3. The van der Waals surface area contributed by atoms with Gasteiger partial charge in [-0.25, -0.2) is 12.7 Å². The standard InChI is InChI=1S/C21H22N4O5S/c1-23(2)31(29,30)12-11-22-18(26)13-24-19-14-7-3-4-8-15(14)21(28)25(19)17-10-6-5-9-16(17)20(24)27/h3-10,19H,11-13H2,1-2H3,(H,22,26)/t19-/m1/s1. The highest BCUT2D eigenvalue weighted by Crippen LogP contribution is 2.44. The lowest BCUT2D eigenvalue weighted by molar-refractivity contribution is -0.122. The Bertz CT molecular complexity index is 1180. The second kappa shape index (κ2) is 7.78. The lowest BCUT2D eigenvalue weighted by Gasteiger charge is -2.40. The number of rotatable bonds is 6. The molecule has 0 radical (unpaired) electrons. The van der Waals surface area contributed by atoms with E-state index in [0.29, 0.717) is 22.4 Å². The lowest BCUT2D eigenvalue weighted by Crippen LogP contribution is -2.51. The van der Waals surface area contributed by atoms with Crippen molar-refractivity contribution in [1.82, 2.24) is 14.5 Å². The minimum absolute atomic E-state index is 0.0815. The third-order valence-electron chi connectivity index (χ3n) is 5.44. The van der Waals surface area contributed by atoms with Crippen molar-refractivity contribution < 1.29 is 22.8 Å². The monoisotopic (exact) mass is 442 g/mol. The van der Waals surface area contributed by atoms with Gasteiger partial charge in [-0.1, -0.05) is 30.3 Å². The zero-order valence-corrected chi connectivity index (χ0v) is 17.9. The Morgan fingerprint density at radius 3 is 2.35 bits per heavy atom. The third-order valence-corrected chi connectivity index (χ3v) is 7.27. The van der Waals surface area contributed by atoms with Gasteiger partial charge in [-0.05, 0) is 18.2 Å². The van der Waals surface area contributed by atoms with Crippen molar-refractivity contribution in [2.45, 2.75) is 6.17 Å². The van der Waals surface area contributed by atoms with E-state index in [0.717, 1.165) is 4.31 Å². The van der Waals surface area contributed by atoms with E-state index in [2.05, 4.69) is 5.32 Å². The van der Waals surface area contributed by atoms with Gasteiger partial charge in [0.1, 0.15) is 12.7 Å². The number of carbonyl (C=O) groups is 3. The van der Waals surface area contributed by atoms with Crippen LogP contribution < -0.4 is 10.2 Å². The number of hydrogen-bond donors (Lipinski definition) is 1. The summed E-state index contributed by atoms with van der Waals surface area (Å²) in [4.78, 5) is 41.8. The van der Waals surface area contributed by atoms with E-state index in [4.69, 9.17) is 0 Å². The van der Waals surface area contributed by atoms with Gasteiger partial charge in [0.15, 0.2) is 0 Å². The van der Waals surface area contributed by atoms with Crippen LogP contribution in [0.2, 0.25) is 0 Å². The normalized spacial score (nSPS) is 17.5. The SMILES string of the molecule is CN(C)S(=O)(=O)CCNC(=O)CN1C(=O)c2ccccc2N2C(=O)c3ccccc3[C@H]12. The first kappa shape index (κ1) is 21.0. The number of carbonyl (C=O) groups excluding carboxylic acids is 3. The summed E-state index contributed by atoms with van der Waals surface area (Å²) in [7, 11) is -0.612. The Morgan fingerprint density at radius 1 is 1.00 bits per heavy atom. The second-order valence-electron chi connectivity index (χ2n) is 7.53. The number of para-hydroxylation sites is 1. The van der Waals surface area contributed by atoms with Crippen molar-refractivity contribution in [3.05, 3.63) is 65.2 Å². The summed E-state index contributed by atoms with van der Waals surface area (Å²) in [5.74, 6) is -1.35. The number of anilines is 1. The number of sulfonamides is 1. The zero-order chi connectivity index (χ0) is 22.3. The van der Waals surface area contributed by atoms with E-state index in [9.17, 15) is 22.8 Å². The first-order valence-corrected chi connectivity index (χ1v) is 11.3. The molecule has 1 atom stereocenters. The van der Waals surface area contributed by atoms with E-state index >= 15 is 0 Å². The summed E-state index contributed by atoms with van der Waals surface area (Å²) in [6.07, 6.45) is -0.734. The largest absolute Gasteiger partial charge is 0.353 e. The maximum atomic E-state index is 13.2. The second-order valence-corrected chi connectivity index (χ2v) is 9.84. The average Bonchev–Trinajstić information content (AvgIpc) is 3.04. The van der Waals surface area contributed by atoms with E-state index in [1.54, 1.807) is 48.5 Å². The molecule has 0 spiro atoms. The first-order valence-electron chi connectivity index (χ1n) is 9.72. The summed E-state index contributed by atoms with van der Waals surface area (Å²) in [6, 6.07) is 13.8. The quantitative estimate of drug-likeness (QED) is 0.713. The van der Waals surface area contributed by atoms with Crippen molar-refractivity contribution in [3.63, 3.8) is 0 Å². The van der Waals surface area contributed by atoms with Gasteiger partial charge in [-0.15, -0.1) is 0 Å². The van der Waals surface area contributed by atoms with Crippen LogP contribution in [0, 0.1) is 0 Å². The van der Waals surface area contributed by atoms with Gasteiger partial charge in [0, 0.05) is 31.8 Å². The predicted octanol–water partition coefficient (Wildman–Crippen LogP) is 0.809. The lowest BCUT2D eigenvalue weighted by atomic mass is 10.0. The molecule has 0 bridgehead atoms. The fourth-order valence-electron chi connectivity index (χ4n) is 3.85. The average molecular weight is 442 g/mol. The molecule has 9 nitrogen and oxygen atoms in total. The molecule has 2 aliphatic rings. The van der Waals surface area contributed by atoms with E-state index in [-0.39, 0.29) is 30.7 Å². The first-order chi connectivity index (χ1) is 14.7. The van der Waals surface area contributed by atoms with Crippen LogP contribution in [0.15, 0.2) is 48.5 Å². The van der Waals surface area contributed by atoms with Crippen LogP contribution >= 0.6 is 0 Å². The predicted molar refractivity (Wildman–Crippen MR) is 114 cm³/mol. The molecule has 0 aromatic heterocycles. The Morgan fingerprint density at radius 2 is 1.65 bits per heavy atom. The molecular weight excluding hydrogens is 420 g/mol. The molecule has 0 saturated carbocycles. The Kier molecular flexibility index (Phi) is 5.28. The Balaban J connectivity index is 1.61. The highest BCUT2D eigenvalue weighted by molar-refractivity contribution is 7.89. The van der Waals surface area contributed by atoms with Crippen molar-refractivity contribution in [3.8, 4) is 0 Å². The van der Waals surface area contributed by atoms with Crippen LogP contribution in [0.1, 0.15) is 32.4 Å². The molecule has 0 fully saturated rings. The number of fused-ring (bicyclic) bond motifs is 5. The molecular formula is C21H22N4O5S. The van der Waals surface area contributed by atoms with Gasteiger partial charge in [0.2, 0.25) is 15.9 Å². The summed E-state index contributed by atoms with van der Waals surface area (Å²) in [6.45, 7) is -0.389. The number of hydrogen-bond acceptors (Lipinski definition) is 5. The maximum Gasteiger partial charge on any atom is 0.260 e. The van der Waals surface area contributed by atoms with Gasteiger partial charge in [0.25, 0.3) is 11.8 Å². The molecule has 2 aromatic carbocycles. The maximum absolute atomic E-state index is 13.2. The van der Waals surface area contributed by atoms with Gasteiger partial charge in [-0.3, -0.25) is 19.3 Å². The molecule has 2 aliphatic heterocycles. The van der Waals surface area contributed by atoms with Crippen LogP contribution in [-0.4, -0.2) is 68.3 Å². The molecule has 10 heteroatoms. The topological polar surface area (TPSA) is 107 Å². The van der Waals surface area contributed by atoms with Crippen molar-refractivity contribution in [2.24, 2.45) is 0 Å². The van der Waals surface area contributed by atoms with Gasteiger partial charge in [-0.2, -0.15) is 0 Å². The molecule has 0 saturated heterocycles. The molecule has 2 aromatic rings. The van der Waals surface area contributed by atoms with Gasteiger partial charge in [0.05, 0.1) is 17.0 Å². The Hall–Kier alpha value is -3.24. The molecule has 3 amide bonds. The van der Waals surface area contributed by atoms with Crippen LogP contribution in [-0.2, 0) is 14.8 Å². The van der Waals surface area contributed by atoms with Crippen LogP contribution in [0.3, 0.4) is 0 Å². The minimum Gasteiger partial charge on any atom is -0.353 e. The van der Waals surface area contributed by atoms with Crippen LogP contribution in [0.25, 0.3) is 0 Å². The van der Waals surface area contributed by atoms with E-state index in [1.807, 2.05) is 0 Å². The molecule has 1 N–H and O–H groups in total.